The molecule has 0 radical (unpaired) electrons. The summed E-state index contributed by atoms with van der Waals surface area (Å²) >= 11 is 0. The molecule has 16 heavy (non-hydrogen) atoms. The van der Waals surface area contributed by atoms with Crippen LogP contribution in [0.2, 0.25) is 0 Å². The Kier molecular flexibility index (Phi) is 3.82. The average molecular weight is 227 g/mol. The highest BCUT2D eigenvalue weighted by Crippen LogP contribution is 2.31. The van der Waals surface area contributed by atoms with Crippen molar-refractivity contribution in [1.82, 2.24) is 4.90 Å². The van der Waals surface area contributed by atoms with Crippen LogP contribution in [0, 0.1) is 11.8 Å². The average Bonchev–Trinajstić information content (AvgIpc) is 2.61. The first-order valence-corrected chi connectivity index (χ1v) is 6.17. The number of hydrogen-bond acceptors (Lipinski definition) is 3. The minimum atomic E-state index is -0.669. The summed E-state index contributed by atoms with van der Waals surface area (Å²) in [6.45, 7) is 2.71. The van der Waals surface area contributed by atoms with E-state index in [1.165, 1.54) is 6.42 Å². The molecule has 2 atom stereocenters. The minimum absolute atomic E-state index is 0.259. The minimum Gasteiger partial charge on any atom is -0.480 e. The van der Waals surface area contributed by atoms with Gasteiger partial charge in [0.2, 0.25) is 0 Å². The zero-order chi connectivity index (χ0) is 11.5. The molecular weight excluding hydrogens is 206 g/mol. The van der Waals surface area contributed by atoms with Crippen molar-refractivity contribution in [2.75, 3.05) is 26.8 Å². The van der Waals surface area contributed by atoms with Crippen LogP contribution < -0.4 is 0 Å². The van der Waals surface area contributed by atoms with Gasteiger partial charge in [-0.2, -0.15) is 0 Å². The number of likely N-dealkylation sites (N-methyl/N-ethyl adjacent to an activating group) is 1. The van der Waals surface area contributed by atoms with E-state index in [2.05, 4.69) is 0 Å². The summed E-state index contributed by atoms with van der Waals surface area (Å²) in [6, 6.07) is -0.259. The number of nitrogens with zero attached hydrogens (tertiary/aromatic N) is 1. The van der Waals surface area contributed by atoms with Crippen LogP contribution in [0.15, 0.2) is 0 Å². The lowest BCUT2D eigenvalue weighted by atomic mass is 9.88. The van der Waals surface area contributed by atoms with Gasteiger partial charge in [0.25, 0.3) is 0 Å². The molecule has 2 rings (SSSR count). The van der Waals surface area contributed by atoms with E-state index < -0.39 is 5.97 Å². The summed E-state index contributed by atoms with van der Waals surface area (Å²) in [4.78, 5) is 13.0. The molecule has 0 unspecified atom stereocenters. The molecule has 0 bridgehead atoms. The molecular formula is C12H21NO3. The van der Waals surface area contributed by atoms with Crippen LogP contribution in [0.5, 0.6) is 0 Å². The second kappa shape index (κ2) is 5.15. The third-order valence-corrected chi connectivity index (χ3v) is 3.93. The van der Waals surface area contributed by atoms with Gasteiger partial charge in [-0.1, -0.05) is 0 Å². The maximum atomic E-state index is 11.0. The normalized spacial score (nSPS) is 33.1. The second-order valence-electron chi connectivity index (χ2n) is 5.19. The van der Waals surface area contributed by atoms with Gasteiger partial charge < -0.3 is 9.84 Å². The summed E-state index contributed by atoms with van der Waals surface area (Å²) in [5.41, 5.74) is 0. The smallest absolute Gasteiger partial charge is 0.320 e. The largest absolute Gasteiger partial charge is 0.480 e. The number of carboxylic acid groups (broad SMARTS) is 1. The Labute approximate surface area is 96.6 Å². The molecule has 4 heteroatoms. The van der Waals surface area contributed by atoms with E-state index in [1.807, 2.05) is 11.9 Å². The summed E-state index contributed by atoms with van der Waals surface area (Å²) in [5, 5.41) is 9.05. The molecule has 0 spiro atoms. The predicted octanol–water partition coefficient (Wildman–Crippen LogP) is 1.21. The monoisotopic (exact) mass is 227 g/mol. The lowest BCUT2D eigenvalue weighted by molar-refractivity contribution is -0.141. The van der Waals surface area contributed by atoms with Crippen LogP contribution in [0.25, 0.3) is 0 Å². The van der Waals surface area contributed by atoms with Crippen LogP contribution >= 0.6 is 0 Å². The molecule has 2 aliphatic heterocycles. The molecule has 1 N–H and O–H groups in total. The van der Waals surface area contributed by atoms with Crippen LogP contribution in [-0.2, 0) is 9.53 Å². The topological polar surface area (TPSA) is 49.8 Å². The SMILES string of the molecule is CN1C[C@@H](CC2CCOCC2)C[C@H]1C(=O)O. The second-order valence-corrected chi connectivity index (χ2v) is 5.19. The van der Waals surface area contributed by atoms with Crippen LogP contribution in [0.1, 0.15) is 25.7 Å². The number of ether oxygens (including phenoxy) is 1. The zero-order valence-electron chi connectivity index (χ0n) is 9.89. The Bertz CT molecular complexity index is 251. The van der Waals surface area contributed by atoms with E-state index in [-0.39, 0.29) is 6.04 Å². The van der Waals surface area contributed by atoms with Crippen molar-refractivity contribution in [3.63, 3.8) is 0 Å². The highest BCUT2D eigenvalue weighted by Gasteiger charge is 2.35. The fourth-order valence-electron chi connectivity index (χ4n) is 3.02. The van der Waals surface area contributed by atoms with Gasteiger partial charge in [0.1, 0.15) is 6.04 Å². The van der Waals surface area contributed by atoms with E-state index in [1.54, 1.807) is 0 Å². The van der Waals surface area contributed by atoms with Crippen molar-refractivity contribution in [1.29, 1.82) is 0 Å². The highest BCUT2D eigenvalue weighted by molar-refractivity contribution is 5.73. The first-order valence-electron chi connectivity index (χ1n) is 6.17. The quantitative estimate of drug-likeness (QED) is 0.787. The lowest BCUT2D eigenvalue weighted by Gasteiger charge is -2.24. The standard InChI is InChI=1S/C12H21NO3/c1-13-8-10(7-11(13)12(14)15)6-9-2-4-16-5-3-9/h9-11H,2-8H2,1H3,(H,14,15)/t10-,11-/m0/s1. The molecule has 0 aromatic carbocycles. The molecule has 0 saturated carbocycles. The third-order valence-electron chi connectivity index (χ3n) is 3.93. The number of likely N-dealkylation sites (tertiary alicyclic amines) is 1. The van der Waals surface area contributed by atoms with E-state index in [0.29, 0.717) is 5.92 Å². The molecule has 2 fully saturated rings. The Morgan fingerprint density at radius 1 is 1.38 bits per heavy atom. The van der Waals surface area contributed by atoms with E-state index in [9.17, 15) is 4.79 Å². The highest BCUT2D eigenvalue weighted by atomic mass is 16.5. The first kappa shape index (κ1) is 11.9. The lowest BCUT2D eigenvalue weighted by Crippen LogP contribution is -2.32. The summed E-state index contributed by atoms with van der Waals surface area (Å²) < 4.78 is 5.34. The number of carboxylic acids is 1. The molecule has 0 amide bonds. The van der Waals surface area contributed by atoms with Gasteiger partial charge in [0.15, 0.2) is 0 Å². The molecule has 92 valence electrons. The van der Waals surface area contributed by atoms with Gasteiger partial charge in [-0.25, -0.2) is 0 Å². The van der Waals surface area contributed by atoms with Crippen molar-refractivity contribution in [2.24, 2.45) is 11.8 Å². The summed E-state index contributed by atoms with van der Waals surface area (Å²) in [5.74, 6) is 0.644. The first-order chi connectivity index (χ1) is 7.66. The number of aliphatic carboxylic acids is 1. The predicted molar refractivity (Wildman–Crippen MR) is 60.3 cm³/mol. The fourth-order valence-corrected chi connectivity index (χ4v) is 3.02. The maximum absolute atomic E-state index is 11.0. The summed E-state index contributed by atoms with van der Waals surface area (Å²) in [6.07, 6.45) is 4.30. The van der Waals surface area contributed by atoms with Crippen molar-refractivity contribution in [3.8, 4) is 0 Å². The third kappa shape index (κ3) is 2.74. The van der Waals surface area contributed by atoms with Crippen LogP contribution in [0.3, 0.4) is 0 Å². The van der Waals surface area contributed by atoms with Crippen LogP contribution in [-0.4, -0.2) is 48.8 Å². The molecule has 2 heterocycles. The van der Waals surface area contributed by atoms with Gasteiger partial charge in [0, 0.05) is 19.8 Å². The Hall–Kier alpha value is -0.610. The van der Waals surface area contributed by atoms with Crippen molar-refractivity contribution in [3.05, 3.63) is 0 Å². The maximum Gasteiger partial charge on any atom is 0.320 e. The number of rotatable bonds is 3. The fraction of sp³-hybridized carbons (Fsp3) is 0.917. The molecule has 0 aliphatic carbocycles. The van der Waals surface area contributed by atoms with Gasteiger partial charge in [-0.3, -0.25) is 9.69 Å². The Morgan fingerprint density at radius 3 is 2.62 bits per heavy atom. The molecule has 0 aromatic rings. The van der Waals surface area contributed by atoms with Crippen molar-refractivity contribution < 1.29 is 14.6 Å². The summed E-state index contributed by atoms with van der Waals surface area (Å²) in [7, 11) is 1.92. The van der Waals surface area contributed by atoms with Gasteiger partial charge >= 0.3 is 5.97 Å². The van der Waals surface area contributed by atoms with E-state index >= 15 is 0 Å². The Balaban J connectivity index is 1.81. The van der Waals surface area contributed by atoms with Crippen molar-refractivity contribution >= 4 is 5.97 Å². The zero-order valence-corrected chi connectivity index (χ0v) is 9.89. The molecule has 0 aromatic heterocycles. The number of carbonyl (C=O) groups is 1. The van der Waals surface area contributed by atoms with Crippen LogP contribution in [0.4, 0.5) is 0 Å². The molecule has 2 aliphatic rings. The van der Waals surface area contributed by atoms with Gasteiger partial charge in [-0.05, 0) is 44.6 Å². The van der Waals surface area contributed by atoms with E-state index in [0.717, 1.165) is 44.9 Å². The molecule has 4 nitrogen and oxygen atoms in total. The molecule has 2 saturated heterocycles. The van der Waals surface area contributed by atoms with Gasteiger partial charge in [0.05, 0.1) is 0 Å². The van der Waals surface area contributed by atoms with Gasteiger partial charge in [-0.15, -0.1) is 0 Å². The van der Waals surface area contributed by atoms with E-state index in [4.69, 9.17) is 9.84 Å². The van der Waals surface area contributed by atoms with Crippen molar-refractivity contribution in [2.45, 2.75) is 31.7 Å². The Morgan fingerprint density at radius 2 is 2.06 bits per heavy atom. The number of hydrogen-bond donors (Lipinski definition) is 1.